The monoisotopic (exact) mass is 285 g/mol. The molecule has 2 aliphatic rings. The van der Waals surface area contributed by atoms with Crippen molar-refractivity contribution in [1.82, 2.24) is 25.0 Å². The maximum absolute atomic E-state index is 5.32. The second-order valence-electron chi connectivity index (χ2n) is 5.90. The van der Waals surface area contributed by atoms with Crippen LogP contribution >= 0.6 is 0 Å². The molecule has 0 spiro atoms. The van der Waals surface area contributed by atoms with Crippen molar-refractivity contribution in [3.8, 4) is 0 Å². The van der Waals surface area contributed by atoms with Gasteiger partial charge < -0.3 is 4.52 Å². The summed E-state index contributed by atoms with van der Waals surface area (Å²) in [6.07, 6.45) is 6.23. The van der Waals surface area contributed by atoms with E-state index in [9.17, 15) is 0 Å². The van der Waals surface area contributed by atoms with Crippen molar-refractivity contribution in [3.05, 3.63) is 35.0 Å². The van der Waals surface area contributed by atoms with E-state index in [0.29, 0.717) is 5.92 Å². The molecule has 2 aromatic rings. The van der Waals surface area contributed by atoms with Crippen molar-refractivity contribution in [3.63, 3.8) is 0 Å². The molecule has 21 heavy (non-hydrogen) atoms. The number of fused-ring (bicyclic) bond motifs is 1. The van der Waals surface area contributed by atoms with Gasteiger partial charge in [0, 0.05) is 31.6 Å². The number of aromatic nitrogens is 4. The minimum atomic E-state index is 0.521. The highest BCUT2D eigenvalue weighted by atomic mass is 16.5. The molecule has 0 aromatic carbocycles. The van der Waals surface area contributed by atoms with Gasteiger partial charge in [-0.15, -0.1) is 0 Å². The summed E-state index contributed by atoms with van der Waals surface area (Å²) < 4.78 is 5.32. The van der Waals surface area contributed by atoms with Gasteiger partial charge in [-0.1, -0.05) is 12.1 Å². The molecular formula is C15H19N5O. The van der Waals surface area contributed by atoms with Gasteiger partial charge in [0.15, 0.2) is 5.82 Å². The van der Waals surface area contributed by atoms with Crippen molar-refractivity contribution in [1.29, 1.82) is 0 Å². The molecule has 0 saturated heterocycles. The summed E-state index contributed by atoms with van der Waals surface area (Å²) in [6, 6.07) is 0. The minimum absolute atomic E-state index is 0.521. The van der Waals surface area contributed by atoms with Crippen molar-refractivity contribution in [2.45, 2.75) is 51.6 Å². The lowest BCUT2D eigenvalue weighted by atomic mass is 10.1. The van der Waals surface area contributed by atoms with Gasteiger partial charge in [-0.3, -0.25) is 4.90 Å². The Labute approximate surface area is 123 Å². The SMILES string of the molecule is CCc1ncc2c(n1)CN(Cc1noc(C3CC3)n1)CC2. The summed E-state index contributed by atoms with van der Waals surface area (Å²) in [4.78, 5) is 15.9. The molecule has 0 atom stereocenters. The van der Waals surface area contributed by atoms with Crippen LogP contribution in [-0.2, 0) is 25.9 Å². The molecule has 0 unspecified atom stereocenters. The van der Waals surface area contributed by atoms with Gasteiger partial charge >= 0.3 is 0 Å². The van der Waals surface area contributed by atoms with Crippen LogP contribution in [0.25, 0.3) is 0 Å². The highest BCUT2D eigenvalue weighted by Crippen LogP contribution is 2.38. The fraction of sp³-hybridized carbons (Fsp3) is 0.600. The van der Waals surface area contributed by atoms with Crippen LogP contribution < -0.4 is 0 Å². The van der Waals surface area contributed by atoms with E-state index in [2.05, 4.69) is 31.9 Å². The fourth-order valence-corrected chi connectivity index (χ4v) is 2.73. The first kappa shape index (κ1) is 12.9. The Balaban J connectivity index is 1.46. The van der Waals surface area contributed by atoms with Gasteiger partial charge in [-0.05, 0) is 24.8 Å². The number of hydrogen-bond donors (Lipinski definition) is 0. The third kappa shape index (κ3) is 2.68. The molecule has 3 heterocycles. The van der Waals surface area contributed by atoms with Gasteiger partial charge in [-0.25, -0.2) is 9.97 Å². The van der Waals surface area contributed by atoms with Crippen molar-refractivity contribution >= 4 is 0 Å². The fourth-order valence-electron chi connectivity index (χ4n) is 2.73. The highest BCUT2D eigenvalue weighted by molar-refractivity contribution is 5.20. The Morgan fingerprint density at radius 3 is 3.00 bits per heavy atom. The van der Waals surface area contributed by atoms with E-state index >= 15 is 0 Å². The van der Waals surface area contributed by atoms with E-state index < -0.39 is 0 Å². The molecule has 0 N–H and O–H groups in total. The second kappa shape index (κ2) is 5.18. The first-order chi connectivity index (χ1) is 10.3. The summed E-state index contributed by atoms with van der Waals surface area (Å²) in [6.45, 7) is 4.66. The Kier molecular flexibility index (Phi) is 3.18. The Morgan fingerprint density at radius 1 is 1.29 bits per heavy atom. The topological polar surface area (TPSA) is 67.9 Å². The summed E-state index contributed by atoms with van der Waals surface area (Å²) in [5.41, 5.74) is 2.43. The first-order valence-electron chi connectivity index (χ1n) is 7.70. The zero-order chi connectivity index (χ0) is 14.2. The number of aryl methyl sites for hydroxylation is 1. The Morgan fingerprint density at radius 2 is 2.19 bits per heavy atom. The van der Waals surface area contributed by atoms with Crippen LogP contribution in [0.3, 0.4) is 0 Å². The lowest BCUT2D eigenvalue weighted by molar-refractivity contribution is 0.231. The van der Waals surface area contributed by atoms with E-state index in [4.69, 9.17) is 4.52 Å². The molecule has 0 amide bonds. The molecule has 6 heteroatoms. The molecule has 0 radical (unpaired) electrons. The molecule has 2 aromatic heterocycles. The smallest absolute Gasteiger partial charge is 0.229 e. The largest absolute Gasteiger partial charge is 0.339 e. The van der Waals surface area contributed by atoms with Crippen LogP contribution in [0.2, 0.25) is 0 Å². The Hall–Kier alpha value is -1.82. The minimum Gasteiger partial charge on any atom is -0.339 e. The van der Waals surface area contributed by atoms with E-state index in [1.54, 1.807) is 0 Å². The highest BCUT2D eigenvalue weighted by Gasteiger charge is 2.30. The molecule has 1 saturated carbocycles. The van der Waals surface area contributed by atoms with Crippen LogP contribution in [0, 0.1) is 0 Å². The van der Waals surface area contributed by atoms with E-state index in [1.807, 2.05) is 6.20 Å². The first-order valence-corrected chi connectivity index (χ1v) is 7.70. The lowest BCUT2D eigenvalue weighted by Gasteiger charge is -2.26. The van der Waals surface area contributed by atoms with E-state index in [-0.39, 0.29) is 0 Å². The third-order valence-electron chi connectivity index (χ3n) is 4.17. The van der Waals surface area contributed by atoms with Crippen LogP contribution in [0.15, 0.2) is 10.7 Å². The zero-order valence-electron chi connectivity index (χ0n) is 12.2. The predicted molar refractivity (Wildman–Crippen MR) is 75.5 cm³/mol. The maximum atomic E-state index is 5.32. The average Bonchev–Trinajstić information content (AvgIpc) is 3.27. The number of hydrogen-bond acceptors (Lipinski definition) is 6. The maximum Gasteiger partial charge on any atom is 0.229 e. The van der Waals surface area contributed by atoms with Crippen LogP contribution in [0.5, 0.6) is 0 Å². The molecule has 0 bridgehead atoms. The number of nitrogens with zero attached hydrogens (tertiary/aromatic N) is 5. The standard InChI is InChI=1S/C15H19N5O/c1-2-13-16-7-11-5-6-20(8-12(11)17-13)9-14-18-15(21-19-14)10-3-4-10/h7,10H,2-6,8-9H2,1H3. The van der Waals surface area contributed by atoms with E-state index in [1.165, 1.54) is 18.4 Å². The van der Waals surface area contributed by atoms with Crippen molar-refractivity contribution in [2.24, 2.45) is 0 Å². The van der Waals surface area contributed by atoms with Gasteiger partial charge in [0.2, 0.25) is 5.89 Å². The molecule has 1 fully saturated rings. The number of rotatable bonds is 4. The predicted octanol–water partition coefficient (Wildman–Crippen LogP) is 1.86. The summed E-state index contributed by atoms with van der Waals surface area (Å²) in [7, 11) is 0. The molecular weight excluding hydrogens is 266 g/mol. The van der Waals surface area contributed by atoms with Crippen LogP contribution in [0.4, 0.5) is 0 Å². The molecule has 110 valence electrons. The Bertz CT molecular complexity index is 649. The van der Waals surface area contributed by atoms with E-state index in [0.717, 1.165) is 55.7 Å². The summed E-state index contributed by atoms with van der Waals surface area (Å²) in [5.74, 6) is 3.06. The van der Waals surface area contributed by atoms with Gasteiger partial charge in [0.05, 0.1) is 12.2 Å². The zero-order valence-corrected chi connectivity index (χ0v) is 12.2. The third-order valence-corrected chi connectivity index (χ3v) is 4.17. The van der Waals surface area contributed by atoms with Crippen molar-refractivity contribution in [2.75, 3.05) is 6.54 Å². The normalized spacial score (nSPS) is 18.7. The molecule has 1 aliphatic carbocycles. The lowest BCUT2D eigenvalue weighted by Crippen LogP contribution is -2.31. The molecule has 6 nitrogen and oxygen atoms in total. The quantitative estimate of drug-likeness (QED) is 0.854. The summed E-state index contributed by atoms with van der Waals surface area (Å²) >= 11 is 0. The van der Waals surface area contributed by atoms with Crippen LogP contribution in [0.1, 0.15) is 54.5 Å². The summed E-state index contributed by atoms with van der Waals surface area (Å²) in [5, 5.41) is 4.10. The van der Waals surface area contributed by atoms with Crippen molar-refractivity contribution < 1.29 is 4.52 Å². The van der Waals surface area contributed by atoms with Crippen LogP contribution in [-0.4, -0.2) is 31.6 Å². The van der Waals surface area contributed by atoms with Gasteiger partial charge in [0.25, 0.3) is 0 Å². The second-order valence-corrected chi connectivity index (χ2v) is 5.90. The van der Waals surface area contributed by atoms with Gasteiger partial charge in [-0.2, -0.15) is 4.98 Å². The molecule has 1 aliphatic heterocycles. The van der Waals surface area contributed by atoms with Gasteiger partial charge in [0.1, 0.15) is 5.82 Å². The average molecular weight is 285 g/mol. The molecule has 4 rings (SSSR count).